The van der Waals surface area contributed by atoms with E-state index in [1.165, 1.54) is 58.0 Å². The second-order valence-corrected chi connectivity index (χ2v) is 6.42. The molecule has 1 saturated carbocycles. The summed E-state index contributed by atoms with van der Waals surface area (Å²) in [6, 6.07) is 1.40. The van der Waals surface area contributed by atoms with Crippen LogP contribution < -0.4 is 5.32 Å². The zero-order chi connectivity index (χ0) is 13.5. The molecule has 0 bridgehead atoms. The molecule has 2 aliphatic rings. The molecule has 0 amide bonds. The van der Waals surface area contributed by atoms with E-state index in [-0.39, 0.29) is 0 Å². The average Bonchev–Trinajstić information content (AvgIpc) is 2.86. The highest BCUT2D eigenvalue weighted by atomic mass is 16.5. The summed E-state index contributed by atoms with van der Waals surface area (Å²) in [7, 11) is 2.29. The van der Waals surface area contributed by atoms with Gasteiger partial charge in [-0.3, -0.25) is 0 Å². The third-order valence-corrected chi connectivity index (χ3v) is 4.87. The van der Waals surface area contributed by atoms with Gasteiger partial charge in [-0.25, -0.2) is 0 Å². The number of nitrogens with one attached hydrogen (secondary N) is 1. The molecule has 1 aliphatic heterocycles. The Morgan fingerprint density at radius 2 is 2.00 bits per heavy atom. The van der Waals surface area contributed by atoms with Gasteiger partial charge >= 0.3 is 0 Å². The van der Waals surface area contributed by atoms with Crippen molar-refractivity contribution in [3.63, 3.8) is 0 Å². The van der Waals surface area contributed by atoms with Gasteiger partial charge in [0.1, 0.15) is 0 Å². The summed E-state index contributed by atoms with van der Waals surface area (Å²) < 4.78 is 5.53. The first-order valence-electron chi connectivity index (χ1n) is 8.32. The summed E-state index contributed by atoms with van der Waals surface area (Å²) in [4.78, 5) is 2.56. The lowest BCUT2D eigenvalue weighted by Crippen LogP contribution is -2.44. The zero-order valence-electron chi connectivity index (χ0n) is 12.9. The van der Waals surface area contributed by atoms with E-state index in [4.69, 9.17) is 4.74 Å². The molecule has 2 rings (SSSR count). The SMILES string of the molecule is CCCNC1CCCCCC1CN(C)C1CCOC1. The smallest absolute Gasteiger partial charge is 0.0622 e. The number of nitrogens with zero attached hydrogens (tertiary/aromatic N) is 1. The fourth-order valence-electron chi connectivity index (χ4n) is 3.59. The van der Waals surface area contributed by atoms with Crippen LogP contribution in [0.3, 0.4) is 0 Å². The molecule has 1 N–H and O–H groups in total. The van der Waals surface area contributed by atoms with Crippen LogP contribution in [0.4, 0.5) is 0 Å². The van der Waals surface area contributed by atoms with Crippen molar-refractivity contribution in [1.29, 1.82) is 0 Å². The Kier molecular flexibility index (Phi) is 6.62. The van der Waals surface area contributed by atoms with Crippen molar-refractivity contribution in [3.8, 4) is 0 Å². The molecule has 1 heterocycles. The van der Waals surface area contributed by atoms with E-state index >= 15 is 0 Å². The Bertz CT molecular complexity index is 241. The lowest BCUT2D eigenvalue weighted by atomic mass is 9.93. The minimum atomic E-state index is 0.662. The van der Waals surface area contributed by atoms with Crippen LogP contribution in [0.25, 0.3) is 0 Å². The van der Waals surface area contributed by atoms with Crippen LogP contribution in [0.15, 0.2) is 0 Å². The minimum Gasteiger partial charge on any atom is -0.380 e. The van der Waals surface area contributed by atoms with Crippen LogP contribution in [-0.2, 0) is 4.74 Å². The monoisotopic (exact) mass is 268 g/mol. The highest BCUT2D eigenvalue weighted by Crippen LogP contribution is 2.25. The van der Waals surface area contributed by atoms with Gasteiger partial charge in [-0.05, 0) is 45.2 Å². The molecule has 19 heavy (non-hydrogen) atoms. The molecule has 0 aromatic rings. The summed E-state index contributed by atoms with van der Waals surface area (Å²) in [5.41, 5.74) is 0. The summed E-state index contributed by atoms with van der Waals surface area (Å²) >= 11 is 0. The maximum Gasteiger partial charge on any atom is 0.0622 e. The first-order chi connectivity index (χ1) is 9.31. The van der Waals surface area contributed by atoms with Gasteiger partial charge < -0.3 is 15.0 Å². The minimum absolute atomic E-state index is 0.662. The van der Waals surface area contributed by atoms with Crippen molar-refractivity contribution in [1.82, 2.24) is 10.2 Å². The van der Waals surface area contributed by atoms with Gasteiger partial charge in [0, 0.05) is 25.2 Å². The molecule has 3 nitrogen and oxygen atoms in total. The topological polar surface area (TPSA) is 24.5 Å². The van der Waals surface area contributed by atoms with E-state index < -0.39 is 0 Å². The third-order valence-electron chi connectivity index (χ3n) is 4.87. The summed E-state index contributed by atoms with van der Waals surface area (Å²) in [6.45, 7) is 6.58. The van der Waals surface area contributed by atoms with Crippen molar-refractivity contribution < 1.29 is 4.74 Å². The Labute approximate surface area is 119 Å². The van der Waals surface area contributed by atoms with Crippen LogP contribution in [0, 0.1) is 5.92 Å². The average molecular weight is 268 g/mol. The van der Waals surface area contributed by atoms with Crippen LogP contribution >= 0.6 is 0 Å². The Hall–Kier alpha value is -0.120. The van der Waals surface area contributed by atoms with Gasteiger partial charge in [-0.2, -0.15) is 0 Å². The van der Waals surface area contributed by atoms with Gasteiger partial charge in [-0.15, -0.1) is 0 Å². The lowest BCUT2D eigenvalue weighted by molar-refractivity contribution is 0.139. The van der Waals surface area contributed by atoms with Crippen LogP contribution in [0.5, 0.6) is 0 Å². The summed E-state index contributed by atoms with van der Waals surface area (Å²) in [6.07, 6.45) is 9.50. The molecular formula is C16H32N2O. The molecule has 1 aliphatic carbocycles. The summed E-state index contributed by atoms with van der Waals surface area (Å²) in [5, 5.41) is 3.80. The van der Waals surface area contributed by atoms with Gasteiger partial charge in [-0.1, -0.05) is 26.2 Å². The molecule has 0 radical (unpaired) electrons. The van der Waals surface area contributed by atoms with Crippen LogP contribution in [0.1, 0.15) is 51.9 Å². The number of rotatable bonds is 6. The van der Waals surface area contributed by atoms with E-state index in [0.29, 0.717) is 6.04 Å². The van der Waals surface area contributed by atoms with E-state index in [1.807, 2.05) is 0 Å². The number of hydrogen-bond donors (Lipinski definition) is 1. The largest absolute Gasteiger partial charge is 0.380 e. The quantitative estimate of drug-likeness (QED) is 0.750. The predicted octanol–water partition coefficient (Wildman–Crippen LogP) is 2.66. The van der Waals surface area contributed by atoms with Crippen molar-refractivity contribution in [2.24, 2.45) is 5.92 Å². The second-order valence-electron chi connectivity index (χ2n) is 6.42. The summed E-state index contributed by atoms with van der Waals surface area (Å²) in [5.74, 6) is 0.833. The van der Waals surface area contributed by atoms with E-state index in [1.54, 1.807) is 0 Å². The zero-order valence-corrected chi connectivity index (χ0v) is 12.9. The van der Waals surface area contributed by atoms with E-state index in [2.05, 4.69) is 24.2 Å². The van der Waals surface area contributed by atoms with Gasteiger partial charge in [0.2, 0.25) is 0 Å². The van der Waals surface area contributed by atoms with Gasteiger partial charge in [0.05, 0.1) is 6.61 Å². The highest BCUT2D eigenvalue weighted by molar-refractivity contribution is 4.83. The van der Waals surface area contributed by atoms with Gasteiger partial charge in [0.25, 0.3) is 0 Å². The number of ether oxygens (including phenoxy) is 1. The standard InChI is InChI=1S/C16H32N2O/c1-3-10-17-16-8-6-4-5-7-14(16)12-18(2)15-9-11-19-13-15/h14-17H,3-13H2,1-2H3. The lowest BCUT2D eigenvalue weighted by Gasteiger charge is -2.32. The molecule has 2 fully saturated rings. The van der Waals surface area contributed by atoms with Crippen molar-refractivity contribution in [2.45, 2.75) is 64.0 Å². The molecule has 0 aromatic carbocycles. The van der Waals surface area contributed by atoms with Gasteiger partial charge in [0.15, 0.2) is 0 Å². The molecule has 0 spiro atoms. The molecule has 112 valence electrons. The van der Waals surface area contributed by atoms with Crippen LogP contribution in [0.2, 0.25) is 0 Å². The van der Waals surface area contributed by atoms with E-state index in [9.17, 15) is 0 Å². The molecular weight excluding hydrogens is 236 g/mol. The molecule has 0 aromatic heterocycles. The first kappa shape index (κ1) is 15.3. The number of likely N-dealkylation sites (N-methyl/N-ethyl adjacent to an activating group) is 1. The van der Waals surface area contributed by atoms with Crippen LogP contribution in [-0.4, -0.2) is 50.3 Å². The van der Waals surface area contributed by atoms with Crippen molar-refractivity contribution in [2.75, 3.05) is 33.4 Å². The normalized spacial score (nSPS) is 32.7. The molecule has 3 atom stereocenters. The van der Waals surface area contributed by atoms with E-state index in [0.717, 1.165) is 25.2 Å². The predicted molar refractivity (Wildman–Crippen MR) is 80.5 cm³/mol. The number of hydrogen-bond acceptors (Lipinski definition) is 3. The Morgan fingerprint density at radius 1 is 1.16 bits per heavy atom. The molecule has 3 heteroatoms. The Morgan fingerprint density at radius 3 is 2.74 bits per heavy atom. The van der Waals surface area contributed by atoms with Crippen molar-refractivity contribution in [3.05, 3.63) is 0 Å². The molecule has 1 saturated heterocycles. The second kappa shape index (κ2) is 8.23. The first-order valence-corrected chi connectivity index (χ1v) is 8.32. The van der Waals surface area contributed by atoms with Crippen molar-refractivity contribution >= 4 is 0 Å². The fourth-order valence-corrected chi connectivity index (χ4v) is 3.59. The maximum atomic E-state index is 5.53. The Balaban J connectivity index is 1.85. The molecule has 3 unspecified atom stereocenters. The maximum absolute atomic E-state index is 5.53. The fraction of sp³-hybridized carbons (Fsp3) is 1.00. The third kappa shape index (κ3) is 4.73. The highest BCUT2D eigenvalue weighted by Gasteiger charge is 2.27.